The minimum absolute atomic E-state index is 0.521. The van der Waals surface area contributed by atoms with Crippen LogP contribution in [0.3, 0.4) is 0 Å². The van der Waals surface area contributed by atoms with Crippen molar-refractivity contribution in [2.45, 2.75) is 32.7 Å². The van der Waals surface area contributed by atoms with Gasteiger partial charge in [-0.1, -0.05) is 0 Å². The molecule has 0 aromatic heterocycles. The fraction of sp³-hybridized carbons (Fsp3) is 0.778. The van der Waals surface area contributed by atoms with Gasteiger partial charge in [-0.2, -0.15) is 0 Å². The van der Waals surface area contributed by atoms with Crippen LogP contribution in [-0.4, -0.2) is 19.8 Å². The smallest absolute Gasteiger partial charge is 0.0913 e. The average molecular weight is 298 g/mol. The molecule has 1 atom stereocenters. The maximum atomic E-state index is 5.17. The zero-order valence-corrected chi connectivity index (χ0v) is 10.7. The number of hydrogen-bond donors (Lipinski definition) is 2. The van der Waals surface area contributed by atoms with E-state index in [1.807, 2.05) is 13.0 Å². The number of methoxy groups -OCH3 is 1. The van der Waals surface area contributed by atoms with Gasteiger partial charge in [0.15, 0.2) is 0 Å². The number of rotatable bonds is 7. The van der Waals surface area contributed by atoms with Crippen LogP contribution >= 0.6 is 22.9 Å². The summed E-state index contributed by atoms with van der Waals surface area (Å²) in [6.07, 6.45) is 4.12. The first-order valence-electron chi connectivity index (χ1n) is 4.50. The van der Waals surface area contributed by atoms with Gasteiger partial charge in [0, 0.05) is 35.3 Å². The maximum Gasteiger partial charge on any atom is 0.0913 e. The Labute approximate surface area is 94.8 Å². The third kappa shape index (κ3) is 7.28. The summed E-state index contributed by atoms with van der Waals surface area (Å²) < 4.78 is 8.20. The number of halogens is 1. The van der Waals surface area contributed by atoms with Crippen LogP contribution in [0.25, 0.3) is 0 Å². The van der Waals surface area contributed by atoms with E-state index in [1.54, 1.807) is 7.11 Å². The van der Waals surface area contributed by atoms with Gasteiger partial charge in [0.1, 0.15) is 0 Å². The fourth-order valence-corrected chi connectivity index (χ4v) is 1.26. The second kappa shape index (κ2) is 8.77. The van der Waals surface area contributed by atoms with E-state index >= 15 is 0 Å². The molecular weight excluding hydrogens is 279 g/mol. The molecule has 0 aliphatic heterocycles. The highest BCUT2D eigenvalue weighted by Gasteiger charge is 2.02. The van der Waals surface area contributed by atoms with Crippen LogP contribution in [0.5, 0.6) is 0 Å². The number of ether oxygens (including phenoxy) is 1. The molecule has 0 amide bonds. The van der Waals surface area contributed by atoms with Crippen molar-refractivity contribution < 1.29 is 4.74 Å². The number of nitrogens with one attached hydrogen (secondary N) is 2. The van der Waals surface area contributed by atoms with Crippen molar-refractivity contribution >= 4 is 22.9 Å². The van der Waals surface area contributed by atoms with Crippen LogP contribution in [0.2, 0.25) is 0 Å². The van der Waals surface area contributed by atoms with Crippen LogP contribution in [0.15, 0.2) is 11.8 Å². The molecule has 4 heteroatoms. The minimum atomic E-state index is 0.521. The molecule has 0 aliphatic carbocycles. The molecule has 1 unspecified atom stereocenters. The molecule has 0 aromatic rings. The van der Waals surface area contributed by atoms with Gasteiger partial charge in [-0.25, -0.2) is 3.53 Å². The summed E-state index contributed by atoms with van der Waals surface area (Å²) in [5.74, 6) is 1.07. The van der Waals surface area contributed by atoms with E-state index in [2.05, 4.69) is 38.6 Å². The Balaban J connectivity index is 3.50. The predicted octanol–water partition coefficient (Wildman–Crippen LogP) is 2.19. The molecule has 0 aromatic carbocycles. The Morgan fingerprint density at radius 2 is 2.31 bits per heavy atom. The normalized spacial score (nSPS) is 14.3. The van der Waals surface area contributed by atoms with Crippen LogP contribution < -0.4 is 8.85 Å². The predicted molar refractivity (Wildman–Crippen MR) is 64.6 cm³/mol. The molecule has 13 heavy (non-hydrogen) atoms. The van der Waals surface area contributed by atoms with Gasteiger partial charge in [0.05, 0.1) is 19.5 Å². The summed E-state index contributed by atoms with van der Waals surface area (Å²) in [6.45, 7) is 5.03. The lowest BCUT2D eigenvalue weighted by Gasteiger charge is -2.13. The molecule has 0 bridgehead atoms. The highest BCUT2D eigenvalue weighted by atomic mass is 127. The lowest BCUT2D eigenvalue weighted by atomic mass is 10.1. The lowest BCUT2D eigenvalue weighted by molar-refractivity contribution is 0.270. The molecular formula is C9H19IN2O. The second-order valence-corrected chi connectivity index (χ2v) is 3.68. The summed E-state index contributed by atoms with van der Waals surface area (Å²) in [4.78, 5) is 0. The first-order chi connectivity index (χ1) is 6.24. The zero-order chi connectivity index (χ0) is 10.1. The van der Waals surface area contributed by atoms with Gasteiger partial charge in [-0.3, -0.25) is 0 Å². The van der Waals surface area contributed by atoms with E-state index in [1.165, 1.54) is 0 Å². The van der Waals surface area contributed by atoms with Crippen LogP contribution in [0.4, 0.5) is 0 Å². The summed E-state index contributed by atoms with van der Waals surface area (Å²) in [5, 5.41) is 3.33. The Hall–Kier alpha value is 0.190. The first kappa shape index (κ1) is 13.2. The summed E-state index contributed by atoms with van der Waals surface area (Å²) in [5.41, 5.74) is 0. The van der Waals surface area contributed by atoms with Crippen molar-refractivity contribution in [2.75, 3.05) is 13.8 Å². The van der Waals surface area contributed by atoms with Gasteiger partial charge in [0.2, 0.25) is 0 Å². The molecule has 2 N–H and O–H groups in total. The van der Waals surface area contributed by atoms with Gasteiger partial charge < -0.3 is 10.1 Å². The highest BCUT2D eigenvalue weighted by molar-refractivity contribution is 14.1. The largest absolute Gasteiger partial charge is 0.501 e. The molecule has 0 saturated heterocycles. The zero-order valence-electron chi connectivity index (χ0n) is 8.56. The Kier molecular flexibility index (Phi) is 8.90. The van der Waals surface area contributed by atoms with Crippen molar-refractivity contribution in [3.05, 3.63) is 11.8 Å². The molecule has 3 nitrogen and oxygen atoms in total. The number of allylic oxidation sites excluding steroid dienone is 2. The maximum absolute atomic E-state index is 5.17. The topological polar surface area (TPSA) is 33.3 Å². The van der Waals surface area contributed by atoms with Gasteiger partial charge >= 0.3 is 0 Å². The van der Waals surface area contributed by atoms with Crippen LogP contribution in [-0.2, 0) is 4.74 Å². The van der Waals surface area contributed by atoms with E-state index in [0.717, 1.165) is 25.3 Å². The van der Waals surface area contributed by atoms with E-state index in [-0.39, 0.29) is 0 Å². The van der Waals surface area contributed by atoms with Gasteiger partial charge in [-0.15, -0.1) is 0 Å². The monoisotopic (exact) mass is 298 g/mol. The molecule has 0 saturated carbocycles. The van der Waals surface area contributed by atoms with Crippen molar-refractivity contribution in [3.8, 4) is 0 Å². The Bertz CT molecular complexity index is 151. The summed E-state index contributed by atoms with van der Waals surface area (Å²) in [7, 11) is 1.72. The second-order valence-electron chi connectivity index (χ2n) is 2.91. The molecule has 0 spiro atoms. The average Bonchev–Trinajstić information content (AvgIpc) is 2.16. The molecule has 0 fully saturated rings. The van der Waals surface area contributed by atoms with Crippen molar-refractivity contribution in [1.82, 2.24) is 8.85 Å². The minimum Gasteiger partial charge on any atom is -0.501 e. The SMILES string of the molecule is C/C=C(\CCC(C)NCNI)OC. The molecule has 0 heterocycles. The standard InChI is InChI=1S/C9H19IN2O/c1-4-9(13-3)6-5-8(2)11-7-12-10/h4,8,11-12H,5-7H2,1-3H3/b9-4+. The van der Waals surface area contributed by atoms with Gasteiger partial charge in [-0.05, 0) is 26.3 Å². The first-order valence-corrected chi connectivity index (χ1v) is 5.58. The lowest BCUT2D eigenvalue weighted by Crippen LogP contribution is -2.31. The quantitative estimate of drug-likeness (QED) is 0.327. The highest BCUT2D eigenvalue weighted by Crippen LogP contribution is 2.07. The summed E-state index contributed by atoms with van der Waals surface area (Å²) in [6, 6.07) is 0.521. The molecule has 0 aliphatic rings. The van der Waals surface area contributed by atoms with E-state index in [4.69, 9.17) is 4.74 Å². The van der Waals surface area contributed by atoms with Crippen molar-refractivity contribution in [1.29, 1.82) is 0 Å². The molecule has 78 valence electrons. The van der Waals surface area contributed by atoms with Gasteiger partial charge in [0.25, 0.3) is 0 Å². The number of hydrogen-bond acceptors (Lipinski definition) is 3. The summed E-state index contributed by atoms with van der Waals surface area (Å²) >= 11 is 2.13. The van der Waals surface area contributed by atoms with Crippen molar-refractivity contribution in [3.63, 3.8) is 0 Å². The Morgan fingerprint density at radius 3 is 2.77 bits per heavy atom. The molecule has 0 rings (SSSR count). The van der Waals surface area contributed by atoms with Crippen molar-refractivity contribution in [2.24, 2.45) is 0 Å². The van der Waals surface area contributed by atoms with Crippen LogP contribution in [0.1, 0.15) is 26.7 Å². The van der Waals surface area contributed by atoms with E-state index in [9.17, 15) is 0 Å². The third-order valence-corrected chi connectivity index (χ3v) is 2.31. The van der Waals surface area contributed by atoms with E-state index < -0.39 is 0 Å². The third-order valence-electron chi connectivity index (χ3n) is 1.93. The Morgan fingerprint density at radius 1 is 1.62 bits per heavy atom. The fourth-order valence-electron chi connectivity index (χ4n) is 1.04. The molecule has 0 radical (unpaired) electrons. The van der Waals surface area contributed by atoms with Crippen LogP contribution in [0, 0.1) is 0 Å². The van der Waals surface area contributed by atoms with E-state index in [0.29, 0.717) is 6.04 Å².